The minimum Gasteiger partial charge on any atom is -0.481 e. The number of imidazole rings is 1. The number of H-pyrrole nitrogens is 1. The number of fused-ring (bicyclic) bond motifs is 2. The molecule has 1 aliphatic carbocycles. The van der Waals surface area contributed by atoms with E-state index >= 15 is 0 Å². The van der Waals surface area contributed by atoms with Gasteiger partial charge in [0.25, 0.3) is 5.56 Å². The first kappa shape index (κ1) is 17.4. The number of anilines is 1. The summed E-state index contributed by atoms with van der Waals surface area (Å²) in [5.74, 6) is -3.46. The van der Waals surface area contributed by atoms with Crippen LogP contribution in [0.4, 0.5) is 5.95 Å². The summed E-state index contributed by atoms with van der Waals surface area (Å²) in [7, 11) is 0. The van der Waals surface area contributed by atoms with E-state index in [2.05, 4.69) is 15.0 Å². The number of carboxylic acid groups (broad SMARTS) is 2. The molecule has 2 aromatic rings. The lowest BCUT2D eigenvalue weighted by Gasteiger charge is -2.36. The molecule has 0 amide bonds. The van der Waals surface area contributed by atoms with Crippen molar-refractivity contribution in [3.05, 3.63) is 16.7 Å². The molecule has 2 fully saturated rings. The number of hydrogen-bond acceptors (Lipinski definition) is 8. The highest BCUT2D eigenvalue weighted by Crippen LogP contribution is 2.56. The van der Waals surface area contributed by atoms with Gasteiger partial charge in [0, 0.05) is 5.92 Å². The van der Waals surface area contributed by atoms with Crippen LogP contribution in [0.1, 0.15) is 25.7 Å². The number of aromatic nitrogens is 4. The Balaban J connectivity index is 1.93. The second-order valence-corrected chi connectivity index (χ2v) is 6.96. The van der Waals surface area contributed by atoms with Crippen molar-refractivity contribution in [2.24, 2.45) is 5.92 Å². The summed E-state index contributed by atoms with van der Waals surface area (Å²) < 4.78 is 7.19. The van der Waals surface area contributed by atoms with E-state index in [9.17, 15) is 29.7 Å². The zero-order chi connectivity index (χ0) is 19.6. The summed E-state index contributed by atoms with van der Waals surface area (Å²) in [5.41, 5.74) is 1.38. The molecule has 1 saturated heterocycles. The van der Waals surface area contributed by atoms with Gasteiger partial charge >= 0.3 is 11.9 Å². The lowest BCUT2D eigenvalue weighted by Crippen LogP contribution is -2.49. The van der Waals surface area contributed by atoms with E-state index in [0.717, 1.165) is 0 Å². The van der Waals surface area contributed by atoms with Crippen LogP contribution in [0, 0.1) is 5.92 Å². The van der Waals surface area contributed by atoms with E-state index in [1.54, 1.807) is 0 Å². The summed E-state index contributed by atoms with van der Waals surface area (Å²) in [5, 5.41) is 29.6. The Labute approximate surface area is 150 Å². The van der Waals surface area contributed by atoms with Crippen LogP contribution in [0.5, 0.6) is 0 Å². The minimum atomic E-state index is -2.01. The lowest BCUT2D eigenvalue weighted by atomic mass is 9.88. The fourth-order valence-electron chi connectivity index (χ4n) is 4.34. The number of rotatable bonds is 4. The SMILES string of the molecule is Nc1nc2c(ncn2[C@@]23O[C@](CC(=O)O)(C(=O)O)CC2CCC3O)c(=O)[nH]1. The molecule has 4 rings (SSSR count). The summed E-state index contributed by atoms with van der Waals surface area (Å²) in [6.07, 6.45) is -0.0654. The van der Waals surface area contributed by atoms with Crippen molar-refractivity contribution in [1.82, 2.24) is 19.5 Å². The smallest absolute Gasteiger partial charge is 0.336 e. The van der Waals surface area contributed by atoms with Crippen LogP contribution >= 0.6 is 0 Å². The van der Waals surface area contributed by atoms with Gasteiger partial charge in [-0.1, -0.05) is 0 Å². The van der Waals surface area contributed by atoms with E-state index < -0.39 is 47.3 Å². The average molecular weight is 379 g/mol. The third-order valence-electron chi connectivity index (χ3n) is 5.41. The highest BCUT2D eigenvalue weighted by atomic mass is 16.6. The van der Waals surface area contributed by atoms with Gasteiger partial charge in [-0.25, -0.2) is 9.78 Å². The molecular weight excluding hydrogens is 362 g/mol. The van der Waals surface area contributed by atoms with Gasteiger partial charge in [0.2, 0.25) is 5.95 Å². The molecule has 0 bridgehead atoms. The maximum absolute atomic E-state index is 12.1. The summed E-state index contributed by atoms with van der Waals surface area (Å²) >= 11 is 0. The van der Waals surface area contributed by atoms with Crippen molar-refractivity contribution in [2.45, 2.75) is 43.1 Å². The molecule has 2 aromatic heterocycles. The van der Waals surface area contributed by atoms with Gasteiger partial charge in [0.05, 0.1) is 12.7 Å². The Morgan fingerprint density at radius 2 is 2.15 bits per heavy atom. The number of carboxylic acids is 2. The molecule has 0 radical (unpaired) electrons. The lowest BCUT2D eigenvalue weighted by molar-refractivity contribution is -0.215. The molecule has 4 atom stereocenters. The topological polar surface area (TPSA) is 194 Å². The van der Waals surface area contributed by atoms with Gasteiger partial charge in [-0.2, -0.15) is 4.98 Å². The van der Waals surface area contributed by atoms with Gasteiger partial charge in [0.1, 0.15) is 6.10 Å². The Morgan fingerprint density at radius 1 is 1.41 bits per heavy atom. The van der Waals surface area contributed by atoms with Crippen molar-refractivity contribution in [3.8, 4) is 0 Å². The second kappa shape index (κ2) is 5.50. The number of nitrogens with one attached hydrogen (secondary N) is 1. The molecule has 3 heterocycles. The quantitative estimate of drug-likeness (QED) is 0.432. The standard InChI is InChI=1S/C15H17N5O7/c16-13-18-10-9(11(24)19-13)17-5-20(10)15-6(1-2-7(15)21)3-14(27-15,12(25)26)4-8(22)23/h5-7,21H,1-4H2,(H,22,23)(H,25,26)(H3,16,18,19,24)/t6?,7?,14-,15-/m1/s1. The molecule has 1 saturated carbocycles. The molecule has 12 heteroatoms. The highest BCUT2D eigenvalue weighted by Gasteiger charge is 2.66. The summed E-state index contributed by atoms with van der Waals surface area (Å²) in [6, 6.07) is 0. The average Bonchev–Trinajstić information content (AvgIpc) is 3.19. The van der Waals surface area contributed by atoms with Crippen molar-refractivity contribution in [2.75, 3.05) is 5.73 Å². The monoisotopic (exact) mass is 379 g/mol. The van der Waals surface area contributed by atoms with Gasteiger partial charge in [-0.15, -0.1) is 0 Å². The predicted molar refractivity (Wildman–Crippen MR) is 87.6 cm³/mol. The zero-order valence-electron chi connectivity index (χ0n) is 14.0. The van der Waals surface area contributed by atoms with Crippen LogP contribution in [0.2, 0.25) is 0 Å². The maximum atomic E-state index is 12.1. The number of aliphatic hydroxyl groups excluding tert-OH is 1. The van der Waals surface area contributed by atoms with Crippen LogP contribution in [-0.4, -0.2) is 58.5 Å². The number of hydrogen-bond donors (Lipinski definition) is 5. The highest BCUT2D eigenvalue weighted by molar-refractivity contribution is 5.84. The van der Waals surface area contributed by atoms with E-state index in [0.29, 0.717) is 12.8 Å². The first-order chi connectivity index (χ1) is 12.7. The second-order valence-electron chi connectivity index (χ2n) is 6.96. The van der Waals surface area contributed by atoms with E-state index in [-0.39, 0.29) is 23.5 Å². The molecule has 12 nitrogen and oxygen atoms in total. The van der Waals surface area contributed by atoms with Crippen LogP contribution < -0.4 is 11.3 Å². The fourth-order valence-corrected chi connectivity index (χ4v) is 4.34. The summed E-state index contributed by atoms with van der Waals surface area (Å²) in [6.45, 7) is 0. The van der Waals surface area contributed by atoms with Crippen molar-refractivity contribution >= 4 is 29.1 Å². The maximum Gasteiger partial charge on any atom is 0.336 e. The number of nitrogens with two attached hydrogens (primary N) is 1. The van der Waals surface area contributed by atoms with E-state index in [1.165, 1.54) is 10.9 Å². The molecule has 2 aliphatic rings. The van der Waals surface area contributed by atoms with Gasteiger partial charge in [-0.3, -0.25) is 19.1 Å². The van der Waals surface area contributed by atoms with Crippen LogP contribution in [-0.2, 0) is 20.1 Å². The molecule has 0 spiro atoms. The first-order valence-corrected chi connectivity index (χ1v) is 8.26. The third kappa shape index (κ3) is 2.26. The third-order valence-corrected chi connectivity index (χ3v) is 5.41. The summed E-state index contributed by atoms with van der Waals surface area (Å²) in [4.78, 5) is 45.6. The number of ether oxygens (including phenoxy) is 1. The predicted octanol–water partition coefficient (Wildman–Crippen LogP) is -1.16. The van der Waals surface area contributed by atoms with E-state index in [1.807, 2.05) is 0 Å². The molecule has 0 aromatic carbocycles. The van der Waals surface area contributed by atoms with E-state index in [4.69, 9.17) is 10.5 Å². The number of aromatic amines is 1. The molecule has 27 heavy (non-hydrogen) atoms. The Hall–Kier alpha value is -2.99. The zero-order valence-corrected chi connectivity index (χ0v) is 14.0. The molecule has 6 N–H and O–H groups in total. The largest absolute Gasteiger partial charge is 0.481 e. The Morgan fingerprint density at radius 3 is 2.81 bits per heavy atom. The van der Waals surface area contributed by atoms with Crippen LogP contribution in [0.3, 0.4) is 0 Å². The number of nitrogen functional groups attached to an aromatic ring is 1. The van der Waals surface area contributed by atoms with Gasteiger partial charge in [-0.05, 0) is 19.3 Å². The van der Waals surface area contributed by atoms with Gasteiger partial charge in [0.15, 0.2) is 22.5 Å². The molecule has 144 valence electrons. The minimum absolute atomic E-state index is 0.0266. The fraction of sp³-hybridized carbons (Fsp3) is 0.533. The molecule has 2 unspecified atom stereocenters. The number of aliphatic hydroxyl groups is 1. The van der Waals surface area contributed by atoms with Crippen molar-refractivity contribution < 1.29 is 29.6 Å². The number of aliphatic carboxylic acids is 2. The molecule has 1 aliphatic heterocycles. The first-order valence-electron chi connectivity index (χ1n) is 8.26. The Bertz CT molecular complexity index is 1020. The van der Waals surface area contributed by atoms with Gasteiger partial charge < -0.3 is 25.8 Å². The molecular formula is C15H17N5O7. The number of nitrogens with zero attached hydrogens (tertiary/aromatic N) is 3. The van der Waals surface area contributed by atoms with Crippen LogP contribution in [0.15, 0.2) is 11.1 Å². The van der Waals surface area contributed by atoms with Crippen LogP contribution in [0.25, 0.3) is 11.2 Å². The number of carbonyl (C=O) groups is 2. The normalized spacial score (nSPS) is 32.6. The van der Waals surface area contributed by atoms with Crippen molar-refractivity contribution in [1.29, 1.82) is 0 Å². The van der Waals surface area contributed by atoms with Crippen molar-refractivity contribution in [3.63, 3.8) is 0 Å². The Kier molecular flexibility index (Phi) is 3.55.